The van der Waals surface area contributed by atoms with Crippen LogP contribution in [0.3, 0.4) is 0 Å². The van der Waals surface area contributed by atoms with Crippen molar-refractivity contribution in [2.24, 2.45) is 5.92 Å². The molecule has 5 nitrogen and oxygen atoms in total. The van der Waals surface area contributed by atoms with Gasteiger partial charge in [0, 0.05) is 19.0 Å². The van der Waals surface area contributed by atoms with E-state index in [0.717, 1.165) is 4.90 Å². The van der Waals surface area contributed by atoms with Crippen LogP contribution in [0.25, 0.3) is 0 Å². The quantitative estimate of drug-likeness (QED) is 0.930. The van der Waals surface area contributed by atoms with Gasteiger partial charge in [0.1, 0.15) is 5.76 Å². The van der Waals surface area contributed by atoms with Gasteiger partial charge in [0.15, 0.2) is 0 Å². The summed E-state index contributed by atoms with van der Waals surface area (Å²) in [6, 6.07) is 3.13. The second kappa shape index (κ2) is 6.41. The van der Waals surface area contributed by atoms with Crippen LogP contribution in [-0.2, 0) is 9.59 Å². The molecule has 1 atom stereocenters. The Hall–Kier alpha value is -1.99. The van der Waals surface area contributed by atoms with Crippen LogP contribution in [0.2, 0.25) is 0 Å². The van der Waals surface area contributed by atoms with Crippen molar-refractivity contribution in [3.8, 4) is 0 Å². The normalized spacial score (nSPS) is 18.1. The molecule has 122 valence electrons. The molecule has 0 saturated carbocycles. The number of carbonyl (C=O) groups excluding carboxylic acids is 2. The van der Waals surface area contributed by atoms with E-state index in [1.165, 1.54) is 6.26 Å². The molecular formula is C14H17F3N2O3. The molecule has 1 N–H and O–H groups in total. The molecule has 22 heavy (non-hydrogen) atoms. The minimum atomic E-state index is -4.86. The molecule has 0 aromatic carbocycles. The van der Waals surface area contributed by atoms with Crippen LogP contribution in [0.4, 0.5) is 13.2 Å². The summed E-state index contributed by atoms with van der Waals surface area (Å²) in [5.74, 6) is -1.86. The second-order valence-corrected chi connectivity index (χ2v) is 5.31. The highest BCUT2D eigenvalue weighted by molar-refractivity contribution is 5.83. The number of hydrogen-bond acceptors (Lipinski definition) is 3. The number of rotatable bonds is 3. The van der Waals surface area contributed by atoms with E-state index in [0.29, 0.717) is 5.76 Å². The van der Waals surface area contributed by atoms with Gasteiger partial charge in [-0.15, -0.1) is 0 Å². The zero-order chi connectivity index (χ0) is 16.3. The molecule has 1 aliphatic heterocycles. The molecular weight excluding hydrogens is 301 g/mol. The Morgan fingerprint density at radius 3 is 2.50 bits per heavy atom. The molecule has 2 amide bonds. The van der Waals surface area contributed by atoms with Gasteiger partial charge in [0.05, 0.1) is 12.3 Å². The van der Waals surface area contributed by atoms with Crippen molar-refractivity contribution < 1.29 is 27.2 Å². The van der Waals surface area contributed by atoms with Gasteiger partial charge in [-0.3, -0.25) is 9.59 Å². The van der Waals surface area contributed by atoms with Crippen molar-refractivity contribution in [2.75, 3.05) is 13.1 Å². The van der Waals surface area contributed by atoms with Gasteiger partial charge in [0.2, 0.25) is 5.91 Å². The topological polar surface area (TPSA) is 62.6 Å². The highest BCUT2D eigenvalue weighted by Crippen LogP contribution is 2.24. The van der Waals surface area contributed by atoms with E-state index < -0.39 is 18.0 Å². The summed E-state index contributed by atoms with van der Waals surface area (Å²) in [6.45, 7) is 1.64. The number of carbonyl (C=O) groups is 2. The average molecular weight is 318 g/mol. The van der Waals surface area contributed by atoms with Gasteiger partial charge >= 0.3 is 12.1 Å². The molecule has 0 bridgehead atoms. The van der Waals surface area contributed by atoms with Crippen LogP contribution in [0, 0.1) is 5.92 Å². The average Bonchev–Trinajstić information content (AvgIpc) is 3.00. The number of furan rings is 1. The Morgan fingerprint density at radius 2 is 2.00 bits per heavy atom. The molecule has 0 radical (unpaired) electrons. The number of piperidine rings is 1. The molecule has 1 aliphatic rings. The number of hydrogen-bond donors (Lipinski definition) is 1. The zero-order valence-corrected chi connectivity index (χ0v) is 12.0. The van der Waals surface area contributed by atoms with Crippen molar-refractivity contribution >= 4 is 11.8 Å². The third kappa shape index (κ3) is 3.80. The number of alkyl halides is 3. The Kier molecular flexibility index (Phi) is 4.77. The number of amides is 2. The Balaban J connectivity index is 1.84. The lowest BCUT2D eigenvalue weighted by Gasteiger charge is -2.32. The SMILES string of the molecule is CC(NC(=O)C1CCN(C(=O)C(F)(F)F)CC1)c1ccco1. The van der Waals surface area contributed by atoms with Crippen molar-refractivity contribution in [1.82, 2.24) is 10.2 Å². The first-order valence-electron chi connectivity index (χ1n) is 6.99. The monoisotopic (exact) mass is 318 g/mol. The van der Waals surface area contributed by atoms with Gasteiger partial charge in [-0.2, -0.15) is 13.2 Å². The maximum atomic E-state index is 12.3. The first-order chi connectivity index (χ1) is 10.3. The van der Waals surface area contributed by atoms with Crippen molar-refractivity contribution in [1.29, 1.82) is 0 Å². The van der Waals surface area contributed by atoms with Gasteiger partial charge in [0.25, 0.3) is 0 Å². The fourth-order valence-electron chi connectivity index (χ4n) is 2.46. The smallest absolute Gasteiger partial charge is 0.467 e. The van der Waals surface area contributed by atoms with E-state index in [9.17, 15) is 22.8 Å². The predicted molar refractivity (Wildman–Crippen MR) is 70.6 cm³/mol. The summed E-state index contributed by atoms with van der Waals surface area (Å²) in [5.41, 5.74) is 0. The van der Waals surface area contributed by atoms with Crippen LogP contribution in [0.15, 0.2) is 22.8 Å². The molecule has 1 fully saturated rings. The summed E-state index contributed by atoms with van der Waals surface area (Å²) in [7, 11) is 0. The first-order valence-corrected chi connectivity index (χ1v) is 6.99. The maximum Gasteiger partial charge on any atom is 0.471 e. The minimum Gasteiger partial charge on any atom is -0.467 e. The summed E-state index contributed by atoms with van der Waals surface area (Å²) in [5, 5.41) is 2.77. The lowest BCUT2D eigenvalue weighted by molar-refractivity contribution is -0.186. The van der Waals surface area contributed by atoms with Crippen LogP contribution >= 0.6 is 0 Å². The Labute approximate surface area is 125 Å². The molecule has 0 aliphatic carbocycles. The number of nitrogens with one attached hydrogen (secondary N) is 1. The molecule has 1 aromatic rings. The minimum absolute atomic E-state index is 0.0639. The summed E-state index contributed by atoms with van der Waals surface area (Å²) in [4.78, 5) is 24.0. The number of nitrogens with zero attached hydrogens (tertiary/aromatic N) is 1. The van der Waals surface area contributed by atoms with E-state index in [2.05, 4.69) is 5.32 Å². The van der Waals surface area contributed by atoms with E-state index in [1.54, 1.807) is 19.1 Å². The maximum absolute atomic E-state index is 12.3. The molecule has 1 unspecified atom stereocenters. The van der Waals surface area contributed by atoms with Crippen molar-refractivity contribution in [3.05, 3.63) is 24.2 Å². The fourth-order valence-corrected chi connectivity index (χ4v) is 2.46. The molecule has 2 heterocycles. The lowest BCUT2D eigenvalue weighted by Crippen LogP contribution is -2.47. The van der Waals surface area contributed by atoms with E-state index in [-0.39, 0.29) is 37.9 Å². The molecule has 8 heteroatoms. The highest BCUT2D eigenvalue weighted by atomic mass is 19.4. The number of likely N-dealkylation sites (tertiary alicyclic amines) is 1. The van der Waals surface area contributed by atoms with Crippen molar-refractivity contribution in [2.45, 2.75) is 32.0 Å². The highest BCUT2D eigenvalue weighted by Gasteiger charge is 2.43. The standard InChI is InChI=1S/C14H17F3N2O3/c1-9(11-3-2-8-22-11)18-12(20)10-4-6-19(7-5-10)13(21)14(15,16)17/h2-3,8-10H,4-7H2,1H3,(H,18,20). The third-order valence-corrected chi connectivity index (χ3v) is 3.72. The van der Waals surface area contributed by atoms with Crippen LogP contribution in [-0.4, -0.2) is 36.0 Å². The van der Waals surface area contributed by atoms with E-state index >= 15 is 0 Å². The van der Waals surface area contributed by atoms with E-state index in [1.807, 2.05) is 0 Å². The van der Waals surface area contributed by atoms with Gasteiger partial charge in [-0.25, -0.2) is 0 Å². The van der Waals surface area contributed by atoms with Crippen molar-refractivity contribution in [3.63, 3.8) is 0 Å². The lowest BCUT2D eigenvalue weighted by atomic mass is 9.95. The van der Waals surface area contributed by atoms with Gasteiger partial charge in [-0.05, 0) is 31.9 Å². The van der Waals surface area contributed by atoms with Crippen LogP contribution in [0.5, 0.6) is 0 Å². The van der Waals surface area contributed by atoms with Gasteiger partial charge < -0.3 is 14.6 Å². The largest absolute Gasteiger partial charge is 0.471 e. The second-order valence-electron chi connectivity index (χ2n) is 5.31. The summed E-state index contributed by atoms with van der Waals surface area (Å²) in [6.07, 6.45) is -2.92. The van der Waals surface area contributed by atoms with E-state index in [4.69, 9.17) is 4.42 Å². The Bertz CT molecular complexity index is 520. The molecule has 1 aromatic heterocycles. The summed E-state index contributed by atoms with van der Waals surface area (Å²) < 4.78 is 42.2. The van der Waals surface area contributed by atoms with Crippen LogP contribution < -0.4 is 5.32 Å². The molecule has 0 spiro atoms. The summed E-state index contributed by atoms with van der Waals surface area (Å²) >= 11 is 0. The predicted octanol–water partition coefficient (Wildman–Crippen LogP) is 2.26. The van der Waals surface area contributed by atoms with Gasteiger partial charge in [-0.1, -0.05) is 0 Å². The fraction of sp³-hybridized carbons (Fsp3) is 0.571. The molecule has 1 saturated heterocycles. The van der Waals surface area contributed by atoms with Crippen LogP contribution in [0.1, 0.15) is 31.6 Å². The first kappa shape index (κ1) is 16.4. The number of halogens is 3. The third-order valence-electron chi connectivity index (χ3n) is 3.72. The Morgan fingerprint density at radius 1 is 1.36 bits per heavy atom. The zero-order valence-electron chi connectivity index (χ0n) is 12.0. The molecule has 2 rings (SSSR count).